The molecule has 0 aliphatic carbocycles. The summed E-state index contributed by atoms with van der Waals surface area (Å²) in [4.78, 5) is 0. The Labute approximate surface area is 58.6 Å². The molecule has 0 amide bonds. The molecule has 0 radical (unpaired) electrons. The van der Waals surface area contributed by atoms with Crippen molar-refractivity contribution < 1.29 is 0 Å². The number of rotatable bonds is 3. The van der Waals surface area contributed by atoms with E-state index in [0.717, 1.165) is 5.92 Å². The van der Waals surface area contributed by atoms with Gasteiger partial charge in [-0.25, -0.2) is 0 Å². The van der Waals surface area contributed by atoms with E-state index in [4.69, 9.17) is 5.73 Å². The van der Waals surface area contributed by atoms with Crippen molar-refractivity contribution in [1.82, 2.24) is 0 Å². The average molecular weight is 129 g/mol. The van der Waals surface area contributed by atoms with Gasteiger partial charge in [-0.3, -0.25) is 0 Å². The quantitative estimate of drug-likeness (QED) is 0.620. The van der Waals surface area contributed by atoms with Gasteiger partial charge in [0.05, 0.1) is 0 Å². The standard InChI is InChI=1S/C8H19N/c1-5-8(6(2)3)7(4)9/h6-8H,5,9H2,1-4H3. The second kappa shape index (κ2) is 3.89. The van der Waals surface area contributed by atoms with E-state index in [1.807, 2.05) is 0 Å². The van der Waals surface area contributed by atoms with Crippen LogP contribution in [0.1, 0.15) is 34.1 Å². The van der Waals surface area contributed by atoms with Crippen LogP contribution < -0.4 is 5.73 Å². The van der Waals surface area contributed by atoms with E-state index in [1.54, 1.807) is 0 Å². The minimum Gasteiger partial charge on any atom is -0.328 e. The van der Waals surface area contributed by atoms with Crippen molar-refractivity contribution in [3.8, 4) is 0 Å². The van der Waals surface area contributed by atoms with Crippen LogP contribution in [-0.4, -0.2) is 6.04 Å². The lowest BCUT2D eigenvalue weighted by Gasteiger charge is -2.22. The summed E-state index contributed by atoms with van der Waals surface area (Å²) in [7, 11) is 0. The van der Waals surface area contributed by atoms with Gasteiger partial charge in [-0.15, -0.1) is 0 Å². The van der Waals surface area contributed by atoms with E-state index in [9.17, 15) is 0 Å². The van der Waals surface area contributed by atoms with Gasteiger partial charge in [0.15, 0.2) is 0 Å². The first-order chi connectivity index (χ1) is 4.09. The third-order valence-electron chi connectivity index (χ3n) is 2.00. The molecule has 0 saturated carbocycles. The zero-order chi connectivity index (χ0) is 7.44. The first-order valence-corrected chi connectivity index (χ1v) is 3.85. The Balaban J connectivity index is 3.68. The summed E-state index contributed by atoms with van der Waals surface area (Å²) in [6.07, 6.45) is 1.20. The summed E-state index contributed by atoms with van der Waals surface area (Å²) in [5.74, 6) is 1.43. The van der Waals surface area contributed by atoms with Crippen LogP contribution in [0.5, 0.6) is 0 Å². The van der Waals surface area contributed by atoms with E-state index in [0.29, 0.717) is 12.0 Å². The summed E-state index contributed by atoms with van der Waals surface area (Å²) >= 11 is 0. The average Bonchev–Trinajstić information content (AvgIpc) is 1.64. The highest BCUT2D eigenvalue weighted by Gasteiger charge is 2.14. The highest BCUT2D eigenvalue weighted by Crippen LogP contribution is 2.16. The molecule has 0 heterocycles. The molecule has 0 aliphatic rings. The van der Waals surface area contributed by atoms with Gasteiger partial charge in [0.1, 0.15) is 0 Å². The van der Waals surface area contributed by atoms with Gasteiger partial charge in [0.25, 0.3) is 0 Å². The van der Waals surface area contributed by atoms with Gasteiger partial charge in [-0.05, 0) is 18.8 Å². The monoisotopic (exact) mass is 129 g/mol. The third kappa shape index (κ3) is 2.85. The highest BCUT2D eigenvalue weighted by molar-refractivity contribution is 4.69. The van der Waals surface area contributed by atoms with Crippen LogP contribution in [0.15, 0.2) is 0 Å². The Bertz CT molecular complexity index is 59.0. The van der Waals surface area contributed by atoms with E-state index in [1.165, 1.54) is 6.42 Å². The maximum Gasteiger partial charge on any atom is 0.00411 e. The molecule has 0 aromatic heterocycles. The van der Waals surface area contributed by atoms with Crippen LogP contribution in [0.25, 0.3) is 0 Å². The van der Waals surface area contributed by atoms with E-state index in [2.05, 4.69) is 27.7 Å². The molecule has 9 heavy (non-hydrogen) atoms. The number of nitrogens with two attached hydrogens (primary N) is 1. The van der Waals surface area contributed by atoms with Crippen molar-refractivity contribution >= 4 is 0 Å². The first-order valence-electron chi connectivity index (χ1n) is 3.85. The van der Waals surface area contributed by atoms with Crippen LogP contribution in [0.2, 0.25) is 0 Å². The zero-order valence-corrected chi connectivity index (χ0v) is 7.02. The van der Waals surface area contributed by atoms with Crippen molar-refractivity contribution in [2.24, 2.45) is 17.6 Å². The predicted octanol–water partition coefficient (Wildman–Crippen LogP) is 2.02. The third-order valence-corrected chi connectivity index (χ3v) is 2.00. The molecule has 56 valence electrons. The minimum absolute atomic E-state index is 0.356. The van der Waals surface area contributed by atoms with Gasteiger partial charge in [-0.2, -0.15) is 0 Å². The minimum atomic E-state index is 0.356. The van der Waals surface area contributed by atoms with Crippen molar-refractivity contribution in [3.63, 3.8) is 0 Å². The van der Waals surface area contributed by atoms with Gasteiger partial charge >= 0.3 is 0 Å². The number of hydrogen-bond acceptors (Lipinski definition) is 1. The Morgan fingerprint density at radius 3 is 1.67 bits per heavy atom. The van der Waals surface area contributed by atoms with E-state index < -0.39 is 0 Å². The fourth-order valence-corrected chi connectivity index (χ4v) is 1.45. The second-order valence-electron chi connectivity index (χ2n) is 3.18. The van der Waals surface area contributed by atoms with E-state index >= 15 is 0 Å². The number of hydrogen-bond donors (Lipinski definition) is 1. The molecule has 2 atom stereocenters. The van der Waals surface area contributed by atoms with Crippen LogP contribution in [0, 0.1) is 11.8 Å². The topological polar surface area (TPSA) is 26.0 Å². The van der Waals surface area contributed by atoms with Gasteiger partial charge < -0.3 is 5.73 Å². The molecule has 2 N–H and O–H groups in total. The van der Waals surface area contributed by atoms with Crippen molar-refractivity contribution in [2.45, 2.75) is 40.2 Å². The molecule has 2 unspecified atom stereocenters. The fourth-order valence-electron chi connectivity index (χ4n) is 1.45. The maximum atomic E-state index is 5.75. The first kappa shape index (κ1) is 8.96. The lowest BCUT2D eigenvalue weighted by atomic mass is 9.88. The predicted molar refractivity (Wildman–Crippen MR) is 42.3 cm³/mol. The highest BCUT2D eigenvalue weighted by atomic mass is 14.6. The summed E-state index contributed by atoms with van der Waals surface area (Å²) in [5.41, 5.74) is 5.75. The Morgan fingerprint density at radius 2 is 1.67 bits per heavy atom. The van der Waals surface area contributed by atoms with Crippen LogP contribution in [0.4, 0.5) is 0 Å². The lowest BCUT2D eigenvalue weighted by Crippen LogP contribution is -2.29. The van der Waals surface area contributed by atoms with Crippen LogP contribution in [-0.2, 0) is 0 Å². The fraction of sp³-hybridized carbons (Fsp3) is 1.00. The summed E-state index contributed by atoms with van der Waals surface area (Å²) in [6.45, 7) is 8.76. The smallest absolute Gasteiger partial charge is 0.00411 e. The molecule has 0 bridgehead atoms. The Hall–Kier alpha value is -0.0400. The summed E-state index contributed by atoms with van der Waals surface area (Å²) in [6, 6.07) is 0.356. The summed E-state index contributed by atoms with van der Waals surface area (Å²) < 4.78 is 0. The maximum absolute atomic E-state index is 5.75. The molecule has 0 aliphatic heterocycles. The van der Waals surface area contributed by atoms with Gasteiger partial charge in [-0.1, -0.05) is 27.2 Å². The molecule has 0 spiro atoms. The SMILES string of the molecule is CCC(C(C)C)C(C)N. The Morgan fingerprint density at radius 1 is 1.22 bits per heavy atom. The van der Waals surface area contributed by atoms with E-state index in [-0.39, 0.29) is 0 Å². The second-order valence-corrected chi connectivity index (χ2v) is 3.18. The van der Waals surface area contributed by atoms with Crippen molar-refractivity contribution in [1.29, 1.82) is 0 Å². The van der Waals surface area contributed by atoms with Gasteiger partial charge in [0, 0.05) is 6.04 Å². The van der Waals surface area contributed by atoms with Gasteiger partial charge in [0.2, 0.25) is 0 Å². The normalized spacial score (nSPS) is 18.0. The van der Waals surface area contributed by atoms with Crippen LogP contribution >= 0.6 is 0 Å². The van der Waals surface area contributed by atoms with Crippen molar-refractivity contribution in [3.05, 3.63) is 0 Å². The largest absolute Gasteiger partial charge is 0.328 e. The molecule has 0 saturated heterocycles. The molecular weight excluding hydrogens is 110 g/mol. The molecule has 0 rings (SSSR count). The van der Waals surface area contributed by atoms with Crippen LogP contribution in [0.3, 0.4) is 0 Å². The zero-order valence-electron chi connectivity index (χ0n) is 7.02. The molecule has 0 fully saturated rings. The lowest BCUT2D eigenvalue weighted by molar-refractivity contribution is 0.322. The molecule has 0 aromatic carbocycles. The molecule has 1 nitrogen and oxygen atoms in total. The van der Waals surface area contributed by atoms with Crippen molar-refractivity contribution in [2.75, 3.05) is 0 Å². The molecular formula is C8H19N. The molecule has 1 heteroatoms. The summed E-state index contributed by atoms with van der Waals surface area (Å²) in [5, 5.41) is 0. The Kier molecular flexibility index (Phi) is 3.87. The molecule has 0 aromatic rings.